The van der Waals surface area contributed by atoms with Crippen molar-refractivity contribution < 1.29 is 19.1 Å². The minimum Gasteiger partial charge on any atom is -0.497 e. The predicted octanol–water partition coefficient (Wildman–Crippen LogP) is 3.18. The maximum atomic E-state index is 12.0. The molecule has 0 bridgehead atoms. The van der Waals surface area contributed by atoms with Gasteiger partial charge in [-0.3, -0.25) is 10.2 Å². The zero-order valence-corrected chi connectivity index (χ0v) is 15.2. The maximum absolute atomic E-state index is 12.0. The van der Waals surface area contributed by atoms with Gasteiger partial charge in [0.15, 0.2) is 0 Å². The molecule has 0 aliphatic carbocycles. The first-order valence-corrected chi connectivity index (χ1v) is 8.62. The molecule has 0 atom stereocenters. The van der Waals surface area contributed by atoms with Crippen LogP contribution >= 0.6 is 11.3 Å². The Morgan fingerprint density at radius 2 is 1.92 bits per heavy atom. The molecule has 3 N–H and O–H groups in total. The largest absolute Gasteiger partial charge is 0.497 e. The average molecular weight is 363 g/mol. The molecule has 25 heavy (non-hydrogen) atoms. The number of aryl methyl sites for hydroxylation is 1. The van der Waals surface area contributed by atoms with Crippen LogP contribution in [0.1, 0.15) is 28.6 Å². The van der Waals surface area contributed by atoms with Crippen molar-refractivity contribution in [3.63, 3.8) is 0 Å². The van der Waals surface area contributed by atoms with E-state index in [1.165, 1.54) is 18.4 Å². The third-order valence-corrected chi connectivity index (χ3v) is 4.36. The van der Waals surface area contributed by atoms with Crippen LogP contribution in [0.2, 0.25) is 0 Å². The number of benzene rings is 1. The van der Waals surface area contributed by atoms with Crippen LogP contribution in [0.3, 0.4) is 0 Å². The molecule has 0 saturated carbocycles. The molecule has 1 aromatic heterocycles. The van der Waals surface area contributed by atoms with Crippen LogP contribution in [0.5, 0.6) is 11.5 Å². The van der Waals surface area contributed by atoms with Gasteiger partial charge in [0.1, 0.15) is 11.5 Å². The summed E-state index contributed by atoms with van der Waals surface area (Å²) in [5.41, 5.74) is 5.67. The lowest BCUT2D eigenvalue weighted by atomic mass is 10.2. The van der Waals surface area contributed by atoms with Gasteiger partial charge < -0.3 is 14.8 Å². The number of anilines is 1. The van der Waals surface area contributed by atoms with Crippen LogP contribution in [0.25, 0.3) is 0 Å². The summed E-state index contributed by atoms with van der Waals surface area (Å²) < 4.78 is 10.3. The molecular weight excluding hydrogens is 342 g/mol. The first-order chi connectivity index (χ1) is 12.1. The van der Waals surface area contributed by atoms with Crippen molar-refractivity contribution in [1.29, 1.82) is 0 Å². The lowest BCUT2D eigenvalue weighted by Gasteiger charge is -2.12. The Bertz CT molecular complexity index is 745. The normalized spacial score (nSPS) is 10.0. The number of carbonyl (C=O) groups excluding carboxylic acids is 2. The highest BCUT2D eigenvalue weighted by molar-refractivity contribution is 7.10. The average Bonchev–Trinajstić information content (AvgIpc) is 3.09. The molecule has 0 saturated heterocycles. The second-order valence-electron chi connectivity index (χ2n) is 5.15. The van der Waals surface area contributed by atoms with Crippen molar-refractivity contribution in [2.24, 2.45) is 0 Å². The van der Waals surface area contributed by atoms with Crippen molar-refractivity contribution in [2.75, 3.05) is 19.5 Å². The van der Waals surface area contributed by atoms with E-state index in [2.05, 4.69) is 23.1 Å². The van der Waals surface area contributed by atoms with Crippen molar-refractivity contribution in [1.82, 2.24) is 10.9 Å². The summed E-state index contributed by atoms with van der Waals surface area (Å²) in [6.07, 6.45) is 1.95. The summed E-state index contributed by atoms with van der Waals surface area (Å²) in [6.45, 7) is 2.08. The lowest BCUT2D eigenvalue weighted by molar-refractivity contribution is 0.0938. The van der Waals surface area contributed by atoms with Crippen LogP contribution in [0.15, 0.2) is 29.6 Å². The molecule has 0 unspecified atom stereocenters. The summed E-state index contributed by atoms with van der Waals surface area (Å²) in [5, 5.41) is 4.37. The molecule has 0 aliphatic rings. The number of hydrogen-bond acceptors (Lipinski definition) is 5. The molecule has 3 amide bonds. The van der Waals surface area contributed by atoms with Crippen molar-refractivity contribution in [3.05, 3.63) is 40.1 Å². The van der Waals surface area contributed by atoms with Gasteiger partial charge in [-0.05, 0) is 24.6 Å². The molecule has 2 rings (SSSR count). The topological polar surface area (TPSA) is 88.7 Å². The Hall–Kier alpha value is -2.74. The molecule has 0 radical (unpaired) electrons. The summed E-state index contributed by atoms with van der Waals surface area (Å²) in [5.74, 6) is 0.690. The molecule has 0 spiro atoms. The number of ether oxygens (including phenoxy) is 2. The Morgan fingerprint density at radius 3 is 2.60 bits per heavy atom. The first kappa shape index (κ1) is 18.6. The van der Waals surface area contributed by atoms with Gasteiger partial charge in [0.2, 0.25) is 0 Å². The van der Waals surface area contributed by atoms with Crippen molar-refractivity contribution in [2.45, 2.75) is 19.8 Å². The van der Waals surface area contributed by atoms with E-state index >= 15 is 0 Å². The number of rotatable bonds is 6. The van der Waals surface area contributed by atoms with E-state index in [-0.39, 0.29) is 5.91 Å². The quantitative estimate of drug-likeness (QED) is 0.688. The van der Waals surface area contributed by atoms with Crippen LogP contribution in [-0.2, 0) is 6.42 Å². The zero-order valence-electron chi connectivity index (χ0n) is 14.3. The second-order valence-corrected chi connectivity index (χ2v) is 6.15. The van der Waals surface area contributed by atoms with E-state index in [4.69, 9.17) is 9.47 Å². The number of amides is 3. The fraction of sp³-hybridized carbons (Fsp3) is 0.294. The highest BCUT2D eigenvalue weighted by Crippen LogP contribution is 2.28. The van der Waals surface area contributed by atoms with Gasteiger partial charge in [0, 0.05) is 16.3 Å². The third kappa shape index (κ3) is 5.12. The molecule has 0 fully saturated rings. The predicted molar refractivity (Wildman–Crippen MR) is 97.5 cm³/mol. The summed E-state index contributed by atoms with van der Waals surface area (Å²) >= 11 is 1.53. The lowest BCUT2D eigenvalue weighted by Crippen LogP contribution is -2.43. The van der Waals surface area contributed by atoms with Gasteiger partial charge in [-0.2, -0.15) is 0 Å². The minimum atomic E-state index is -0.583. The van der Waals surface area contributed by atoms with E-state index in [0.29, 0.717) is 22.7 Å². The Kier molecular flexibility index (Phi) is 6.64. The van der Waals surface area contributed by atoms with E-state index in [1.54, 1.807) is 30.7 Å². The molecule has 134 valence electrons. The van der Waals surface area contributed by atoms with Crippen molar-refractivity contribution >= 4 is 29.0 Å². The Labute approximate surface area is 150 Å². The first-order valence-electron chi connectivity index (χ1n) is 7.74. The molecule has 2 aromatic rings. The molecule has 1 aromatic carbocycles. The number of thiophene rings is 1. The highest BCUT2D eigenvalue weighted by Gasteiger charge is 2.12. The van der Waals surface area contributed by atoms with E-state index in [1.807, 2.05) is 6.07 Å². The van der Waals surface area contributed by atoms with E-state index in [9.17, 15) is 9.59 Å². The molecule has 7 nitrogen and oxygen atoms in total. The van der Waals surface area contributed by atoms with Crippen LogP contribution in [0, 0.1) is 0 Å². The van der Waals surface area contributed by atoms with Gasteiger partial charge in [-0.25, -0.2) is 10.2 Å². The standard InChI is InChI=1S/C17H21N3O4S/c1-4-5-13-8-11(10-25-13)16(21)19-20-17(22)18-14-7-6-12(23-2)9-15(14)24-3/h6-10H,4-5H2,1-3H3,(H,19,21)(H2,18,20,22). The van der Waals surface area contributed by atoms with Crippen LogP contribution < -0.4 is 25.6 Å². The second kappa shape index (κ2) is 8.93. The number of hydrogen-bond donors (Lipinski definition) is 3. The van der Waals surface area contributed by atoms with E-state index in [0.717, 1.165) is 17.7 Å². The maximum Gasteiger partial charge on any atom is 0.338 e. The van der Waals surface area contributed by atoms with Crippen molar-refractivity contribution in [3.8, 4) is 11.5 Å². The molecular formula is C17H21N3O4S. The number of carbonyl (C=O) groups is 2. The highest BCUT2D eigenvalue weighted by atomic mass is 32.1. The Balaban J connectivity index is 1.90. The van der Waals surface area contributed by atoms with Gasteiger partial charge in [0.05, 0.1) is 25.5 Å². The minimum absolute atomic E-state index is 0.365. The fourth-order valence-electron chi connectivity index (χ4n) is 2.12. The number of hydrazine groups is 1. The third-order valence-electron chi connectivity index (χ3n) is 3.36. The number of urea groups is 1. The number of methoxy groups -OCH3 is 2. The fourth-order valence-corrected chi connectivity index (χ4v) is 3.09. The summed E-state index contributed by atoms with van der Waals surface area (Å²) in [6, 6.07) is 6.23. The van der Waals surface area contributed by atoms with Gasteiger partial charge >= 0.3 is 6.03 Å². The van der Waals surface area contributed by atoms with Crippen LogP contribution in [0.4, 0.5) is 10.5 Å². The van der Waals surface area contributed by atoms with Gasteiger partial charge in [0.25, 0.3) is 5.91 Å². The number of nitrogens with one attached hydrogen (secondary N) is 3. The summed E-state index contributed by atoms with van der Waals surface area (Å²) in [4.78, 5) is 25.1. The summed E-state index contributed by atoms with van der Waals surface area (Å²) in [7, 11) is 3.03. The van der Waals surface area contributed by atoms with Crippen LogP contribution in [-0.4, -0.2) is 26.2 Å². The smallest absolute Gasteiger partial charge is 0.338 e. The van der Waals surface area contributed by atoms with Gasteiger partial charge in [-0.1, -0.05) is 13.3 Å². The SMILES string of the molecule is CCCc1cc(C(=O)NNC(=O)Nc2ccc(OC)cc2OC)cs1. The molecule has 0 aliphatic heterocycles. The Morgan fingerprint density at radius 1 is 1.12 bits per heavy atom. The monoisotopic (exact) mass is 363 g/mol. The van der Waals surface area contributed by atoms with Gasteiger partial charge in [-0.15, -0.1) is 11.3 Å². The van der Waals surface area contributed by atoms with E-state index < -0.39 is 6.03 Å². The molecule has 1 heterocycles. The zero-order chi connectivity index (χ0) is 18.2. The molecule has 8 heteroatoms.